The number of imidazole rings is 1. The van der Waals surface area contributed by atoms with Crippen LogP contribution in [0, 0.1) is 12.5 Å². The molecule has 1 aromatic heterocycles. The lowest BCUT2D eigenvalue weighted by molar-refractivity contribution is 0.350. The van der Waals surface area contributed by atoms with Crippen LogP contribution in [0.3, 0.4) is 0 Å². The summed E-state index contributed by atoms with van der Waals surface area (Å²) in [6.45, 7) is -1.55. The van der Waals surface area contributed by atoms with Gasteiger partial charge in [0.2, 0.25) is 0 Å². The second-order valence-corrected chi connectivity index (χ2v) is 1.45. The van der Waals surface area contributed by atoms with E-state index in [9.17, 15) is 8.78 Å². The van der Waals surface area contributed by atoms with Crippen molar-refractivity contribution in [3.8, 4) is 0 Å². The van der Waals surface area contributed by atoms with Gasteiger partial charge in [0, 0.05) is 0 Å². The van der Waals surface area contributed by atoms with E-state index in [1.54, 1.807) is 0 Å². The standard InChI is InChI=1S/C5H4F2N2/c6-1-5-2-8-4-9(5)3-7/h1,3H2. The van der Waals surface area contributed by atoms with Crippen LogP contribution in [0.4, 0.5) is 8.78 Å². The molecule has 0 amide bonds. The molecule has 48 valence electrons. The summed E-state index contributed by atoms with van der Waals surface area (Å²) in [5.74, 6) is 0. The fraction of sp³-hybridized carbons (Fsp3) is 0.400. The van der Waals surface area contributed by atoms with Crippen LogP contribution in [0.2, 0.25) is 0 Å². The average molecular weight is 130 g/mol. The highest BCUT2D eigenvalue weighted by molar-refractivity contribution is 4.92. The number of hydrogen-bond acceptors (Lipinski definition) is 1. The molecule has 0 fully saturated rings. The van der Waals surface area contributed by atoms with Crippen LogP contribution in [-0.2, 0) is 13.5 Å². The summed E-state index contributed by atoms with van der Waals surface area (Å²) >= 11 is 0. The first-order valence-electron chi connectivity index (χ1n) is 2.35. The van der Waals surface area contributed by atoms with Gasteiger partial charge in [0.15, 0.2) is 13.1 Å². The first kappa shape index (κ1) is 6.19. The second kappa shape index (κ2) is 2.57. The van der Waals surface area contributed by atoms with Gasteiger partial charge in [0.25, 0.3) is 0 Å². The van der Waals surface area contributed by atoms with Gasteiger partial charge in [-0.15, -0.1) is 0 Å². The Hall–Kier alpha value is -0.930. The van der Waals surface area contributed by atoms with Crippen molar-refractivity contribution in [2.75, 3.05) is 0 Å². The summed E-state index contributed by atoms with van der Waals surface area (Å²) in [7, 11) is 0. The lowest BCUT2D eigenvalue weighted by atomic mass is 10.5. The van der Waals surface area contributed by atoms with Crippen molar-refractivity contribution in [2.45, 2.75) is 13.5 Å². The van der Waals surface area contributed by atoms with E-state index in [2.05, 4.69) is 17.5 Å². The van der Waals surface area contributed by atoms with E-state index >= 15 is 0 Å². The molecule has 0 bridgehead atoms. The fourth-order valence-electron chi connectivity index (χ4n) is 0.471. The van der Waals surface area contributed by atoms with Crippen molar-refractivity contribution in [2.24, 2.45) is 0 Å². The van der Waals surface area contributed by atoms with Crippen LogP contribution in [0.1, 0.15) is 5.69 Å². The van der Waals surface area contributed by atoms with Crippen molar-refractivity contribution in [1.29, 1.82) is 0 Å². The summed E-state index contributed by atoms with van der Waals surface area (Å²) in [6, 6.07) is 0. The molecule has 0 saturated carbocycles. The van der Waals surface area contributed by atoms with Crippen molar-refractivity contribution in [3.63, 3.8) is 0 Å². The molecule has 1 heterocycles. The van der Waals surface area contributed by atoms with Gasteiger partial charge in [-0.1, -0.05) is 0 Å². The third-order valence-electron chi connectivity index (χ3n) is 0.928. The Morgan fingerprint density at radius 2 is 2.33 bits per heavy atom. The Morgan fingerprint density at radius 3 is 2.78 bits per heavy atom. The molecule has 2 radical (unpaired) electrons. The van der Waals surface area contributed by atoms with E-state index in [0.717, 1.165) is 4.57 Å². The van der Waals surface area contributed by atoms with E-state index in [4.69, 9.17) is 0 Å². The number of alkyl halides is 2. The van der Waals surface area contributed by atoms with Gasteiger partial charge in [-0.2, -0.15) is 0 Å². The third-order valence-corrected chi connectivity index (χ3v) is 0.928. The number of hydrogen-bond donors (Lipinski definition) is 0. The predicted octanol–water partition coefficient (Wildman–Crippen LogP) is 0.880. The van der Waals surface area contributed by atoms with E-state index in [0.29, 0.717) is 0 Å². The molecule has 1 rings (SSSR count). The lowest BCUT2D eigenvalue weighted by Gasteiger charge is -1.93. The minimum Gasteiger partial charge on any atom is -0.293 e. The highest BCUT2D eigenvalue weighted by Crippen LogP contribution is 1.98. The van der Waals surface area contributed by atoms with Crippen LogP contribution in [0.5, 0.6) is 0 Å². The Morgan fingerprint density at radius 1 is 1.56 bits per heavy atom. The summed E-state index contributed by atoms with van der Waals surface area (Å²) in [5, 5.41) is 0. The fourth-order valence-corrected chi connectivity index (χ4v) is 0.471. The molecular weight excluding hydrogens is 126 g/mol. The maximum atomic E-state index is 11.7. The van der Waals surface area contributed by atoms with E-state index in [1.807, 2.05) is 0 Å². The first-order chi connectivity index (χ1) is 4.38. The van der Waals surface area contributed by atoms with E-state index in [1.165, 1.54) is 0 Å². The average Bonchev–Trinajstić information content (AvgIpc) is 2.33. The van der Waals surface area contributed by atoms with Gasteiger partial charge in [0.1, 0.15) is 12.9 Å². The minimum absolute atomic E-state index is 0.0949. The zero-order valence-corrected chi connectivity index (χ0v) is 4.56. The molecule has 9 heavy (non-hydrogen) atoms. The lowest BCUT2D eigenvalue weighted by Crippen LogP contribution is -1.95. The highest BCUT2D eigenvalue weighted by Gasteiger charge is 1.99. The molecule has 0 aliphatic rings. The molecule has 0 N–H and O–H groups in total. The van der Waals surface area contributed by atoms with Crippen LogP contribution in [-0.4, -0.2) is 9.55 Å². The Labute approximate surface area is 51.1 Å². The number of halogens is 2. The van der Waals surface area contributed by atoms with Crippen LogP contribution in [0.25, 0.3) is 0 Å². The zero-order chi connectivity index (χ0) is 6.69. The molecule has 0 aliphatic heterocycles. The van der Waals surface area contributed by atoms with Gasteiger partial charge < -0.3 is 0 Å². The molecule has 1 aromatic rings. The van der Waals surface area contributed by atoms with Crippen molar-refractivity contribution in [1.82, 2.24) is 9.55 Å². The van der Waals surface area contributed by atoms with Gasteiger partial charge >= 0.3 is 0 Å². The van der Waals surface area contributed by atoms with E-state index in [-0.39, 0.29) is 5.69 Å². The Balaban J connectivity index is 2.85. The maximum Gasteiger partial charge on any atom is 0.179 e. The molecule has 0 aromatic carbocycles. The number of rotatable bonds is 2. The number of nitrogens with zero attached hydrogens (tertiary/aromatic N) is 2. The van der Waals surface area contributed by atoms with Crippen LogP contribution < -0.4 is 0 Å². The molecule has 0 aliphatic carbocycles. The van der Waals surface area contributed by atoms with Gasteiger partial charge in [-0.25, -0.2) is 13.8 Å². The van der Waals surface area contributed by atoms with E-state index < -0.39 is 13.5 Å². The molecular formula is C5H4F2N2. The molecule has 0 atom stereocenters. The van der Waals surface area contributed by atoms with Gasteiger partial charge in [-0.3, -0.25) is 4.57 Å². The van der Waals surface area contributed by atoms with Crippen molar-refractivity contribution < 1.29 is 8.78 Å². The molecule has 0 unspecified atom stereocenters. The Kier molecular flexibility index (Phi) is 1.77. The smallest absolute Gasteiger partial charge is 0.179 e. The topological polar surface area (TPSA) is 17.8 Å². The quantitative estimate of drug-likeness (QED) is 0.581. The summed E-state index contributed by atoms with van der Waals surface area (Å²) in [6.07, 6.45) is 4.45. The van der Waals surface area contributed by atoms with Crippen molar-refractivity contribution in [3.05, 3.63) is 18.2 Å². The molecule has 0 saturated heterocycles. The van der Waals surface area contributed by atoms with Crippen molar-refractivity contribution >= 4 is 0 Å². The summed E-state index contributed by atoms with van der Waals surface area (Å²) < 4.78 is 24.4. The SMILES string of the molecule is FCc1[c]n[c]n1CF. The minimum atomic E-state index is -0.796. The Bertz CT molecular complexity index is 166. The van der Waals surface area contributed by atoms with Crippen LogP contribution in [0.15, 0.2) is 0 Å². The maximum absolute atomic E-state index is 11.7. The highest BCUT2D eigenvalue weighted by atomic mass is 19.1. The second-order valence-electron chi connectivity index (χ2n) is 1.45. The largest absolute Gasteiger partial charge is 0.293 e. The summed E-state index contributed by atoms with van der Waals surface area (Å²) in [5.41, 5.74) is 0.0949. The first-order valence-corrected chi connectivity index (χ1v) is 2.35. The van der Waals surface area contributed by atoms with Gasteiger partial charge in [-0.05, 0) is 0 Å². The molecule has 4 heteroatoms. The number of aromatic nitrogens is 2. The van der Waals surface area contributed by atoms with Crippen LogP contribution >= 0.6 is 0 Å². The van der Waals surface area contributed by atoms with Gasteiger partial charge in [0.05, 0.1) is 5.69 Å². The predicted molar refractivity (Wildman–Crippen MR) is 25.8 cm³/mol. The molecule has 2 nitrogen and oxygen atoms in total. The zero-order valence-electron chi connectivity index (χ0n) is 4.56. The molecule has 0 spiro atoms. The summed E-state index contributed by atoms with van der Waals surface area (Å²) in [4.78, 5) is 3.30. The monoisotopic (exact) mass is 130 g/mol. The third kappa shape index (κ3) is 1.06. The normalized spacial score (nSPS) is 10.0.